The van der Waals surface area contributed by atoms with Crippen molar-refractivity contribution in [1.82, 2.24) is 0 Å². The van der Waals surface area contributed by atoms with Crippen LogP contribution in [0.3, 0.4) is 0 Å². The number of carbonyl (C=O) groups is 2. The van der Waals surface area contributed by atoms with E-state index in [1.807, 2.05) is 37.3 Å². The molecule has 0 amide bonds. The molecule has 3 aromatic rings. The molecule has 0 radical (unpaired) electrons. The molecule has 4 aliphatic heterocycles. The number of aryl methyl sites for hydroxylation is 1. The SMILES string of the molecule is COc1ccc(CO[C@H]2CC(O[Si](C)(C)C(C)(C)C)C(=O)c3c2c(OC)c2cc(C)c(C4OC5(C(OC)OC)OC4C(=O)[C@@]54CO4)c4c2c3O[Si](C(C)(C)C)(C(C)(C)C)O4)cc1. The van der Waals surface area contributed by atoms with E-state index in [9.17, 15) is 4.79 Å². The molecule has 62 heavy (non-hydrogen) atoms. The fourth-order valence-corrected chi connectivity index (χ4v) is 15.8. The first kappa shape index (κ1) is 45.2. The van der Waals surface area contributed by atoms with E-state index in [1.165, 1.54) is 14.2 Å². The molecule has 13 nitrogen and oxygen atoms in total. The molecule has 0 aromatic heterocycles. The molecule has 3 fully saturated rings. The smallest absolute Gasteiger partial charge is 0.471 e. The number of Topliss-reactive ketones (excluding diaryl/α,β-unsaturated/α-hetero) is 2. The Labute approximate surface area is 367 Å². The summed E-state index contributed by atoms with van der Waals surface area (Å²) < 4.78 is 71.7. The molecule has 0 saturated carbocycles. The fraction of sp³-hybridized carbons (Fsp3) is 0.617. The Kier molecular flexibility index (Phi) is 10.8. The normalized spacial score (nSPS) is 27.8. The third kappa shape index (κ3) is 6.38. The molecule has 3 aromatic carbocycles. The van der Waals surface area contributed by atoms with Crippen molar-refractivity contribution < 1.29 is 60.8 Å². The van der Waals surface area contributed by atoms with Crippen molar-refractivity contribution in [2.24, 2.45) is 0 Å². The van der Waals surface area contributed by atoms with E-state index in [-0.39, 0.29) is 36.2 Å². The summed E-state index contributed by atoms with van der Waals surface area (Å²) in [5.74, 6) is -0.0244. The Morgan fingerprint density at radius 3 is 1.95 bits per heavy atom. The van der Waals surface area contributed by atoms with Crippen LogP contribution in [-0.4, -0.2) is 93.4 Å². The number of carbonyl (C=O) groups excluding carboxylic acids is 2. The lowest BCUT2D eigenvalue weighted by Crippen LogP contribution is -2.64. The van der Waals surface area contributed by atoms with Gasteiger partial charge < -0.3 is 51.2 Å². The van der Waals surface area contributed by atoms with Gasteiger partial charge in [0.2, 0.25) is 17.7 Å². The minimum absolute atomic E-state index is 0.117. The van der Waals surface area contributed by atoms with E-state index < -0.39 is 69.0 Å². The van der Waals surface area contributed by atoms with Crippen LogP contribution in [0.2, 0.25) is 28.2 Å². The molecule has 4 heterocycles. The summed E-state index contributed by atoms with van der Waals surface area (Å²) in [5, 5.41) is -0.0774. The summed E-state index contributed by atoms with van der Waals surface area (Å²) in [5.41, 5.74) is 1.93. The van der Waals surface area contributed by atoms with Crippen LogP contribution < -0.4 is 18.3 Å². The van der Waals surface area contributed by atoms with E-state index in [4.69, 9.17) is 51.2 Å². The van der Waals surface area contributed by atoms with Crippen LogP contribution in [0.25, 0.3) is 10.8 Å². The molecule has 1 aliphatic carbocycles. The molecule has 338 valence electrons. The summed E-state index contributed by atoms with van der Waals surface area (Å²) >= 11 is 0. The lowest BCUT2D eigenvalue weighted by Gasteiger charge is -2.52. The van der Waals surface area contributed by atoms with Crippen LogP contribution in [0.15, 0.2) is 30.3 Å². The first-order valence-electron chi connectivity index (χ1n) is 21.5. The van der Waals surface area contributed by atoms with E-state index in [0.29, 0.717) is 44.7 Å². The Hall–Kier alpha value is -3.39. The van der Waals surface area contributed by atoms with Crippen LogP contribution in [0.4, 0.5) is 0 Å². The minimum Gasteiger partial charge on any atom is -0.510 e. The maximum absolute atomic E-state index is 15.6. The largest absolute Gasteiger partial charge is 0.510 e. The van der Waals surface area contributed by atoms with Gasteiger partial charge in [-0.15, -0.1) is 0 Å². The highest BCUT2D eigenvalue weighted by Gasteiger charge is 2.84. The number of methoxy groups -OCH3 is 4. The van der Waals surface area contributed by atoms with Gasteiger partial charge in [0.05, 0.1) is 44.5 Å². The molecule has 4 unspecified atom stereocenters. The van der Waals surface area contributed by atoms with Gasteiger partial charge in [-0.1, -0.05) is 74.4 Å². The Morgan fingerprint density at radius 1 is 0.823 bits per heavy atom. The average molecular weight is 893 g/mol. The van der Waals surface area contributed by atoms with E-state index >= 15 is 4.79 Å². The van der Waals surface area contributed by atoms with Crippen molar-refractivity contribution in [3.63, 3.8) is 0 Å². The summed E-state index contributed by atoms with van der Waals surface area (Å²) in [6.45, 7) is 25.9. The number of ether oxygens (including phenoxy) is 8. The molecule has 6 atom stereocenters. The van der Waals surface area contributed by atoms with Crippen molar-refractivity contribution in [3.05, 3.63) is 58.1 Å². The number of benzene rings is 3. The minimum atomic E-state index is -3.58. The van der Waals surface area contributed by atoms with Gasteiger partial charge in [-0.05, 0) is 54.4 Å². The monoisotopic (exact) mass is 892 g/mol. The molecule has 3 saturated heterocycles. The van der Waals surface area contributed by atoms with Crippen LogP contribution >= 0.6 is 0 Å². The van der Waals surface area contributed by atoms with Crippen LogP contribution in [0.1, 0.15) is 114 Å². The first-order chi connectivity index (χ1) is 28.9. The highest BCUT2D eigenvalue weighted by Crippen LogP contribution is 2.66. The number of ketones is 2. The molecule has 0 N–H and O–H groups in total. The summed E-state index contributed by atoms with van der Waals surface area (Å²) in [6.07, 6.45) is -4.27. The predicted octanol–water partition coefficient (Wildman–Crippen LogP) is 9.34. The highest BCUT2D eigenvalue weighted by molar-refractivity contribution is 6.75. The van der Waals surface area contributed by atoms with Crippen molar-refractivity contribution >= 4 is 39.2 Å². The van der Waals surface area contributed by atoms with E-state index in [0.717, 1.165) is 16.9 Å². The third-order valence-corrected chi connectivity index (χ3v) is 23.5. The van der Waals surface area contributed by atoms with E-state index in [2.05, 4.69) is 75.4 Å². The number of epoxide rings is 1. The van der Waals surface area contributed by atoms with Crippen molar-refractivity contribution in [3.8, 4) is 23.0 Å². The van der Waals surface area contributed by atoms with E-state index in [1.54, 1.807) is 14.2 Å². The lowest BCUT2D eigenvalue weighted by atomic mass is 9.81. The van der Waals surface area contributed by atoms with Gasteiger partial charge in [0, 0.05) is 47.2 Å². The zero-order valence-corrected chi connectivity index (χ0v) is 41.2. The molecule has 1 spiro atoms. The van der Waals surface area contributed by atoms with Gasteiger partial charge in [-0.3, -0.25) is 9.59 Å². The van der Waals surface area contributed by atoms with Crippen molar-refractivity contribution in [2.75, 3.05) is 35.0 Å². The maximum atomic E-state index is 15.6. The number of rotatable bonds is 11. The summed E-state index contributed by atoms with van der Waals surface area (Å²) in [6, 6.07) is 9.74. The average Bonchev–Trinajstić information content (AvgIpc) is 3.86. The van der Waals surface area contributed by atoms with Gasteiger partial charge in [-0.25, -0.2) is 0 Å². The number of hydrogen-bond acceptors (Lipinski definition) is 13. The number of fused-ring (bicyclic) bond motifs is 5. The predicted molar refractivity (Wildman–Crippen MR) is 236 cm³/mol. The maximum Gasteiger partial charge on any atom is 0.471 e. The molecular formula is C47H64O13Si2. The van der Waals surface area contributed by atoms with Gasteiger partial charge in [-0.2, -0.15) is 0 Å². The topological polar surface area (TPSA) is 139 Å². The zero-order chi connectivity index (χ0) is 45.3. The van der Waals surface area contributed by atoms with Gasteiger partial charge in [0.15, 0.2) is 20.2 Å². The molecule has 5 aliphatic rings. The molecule has 15 heteroatoms. The molecular weight excluding hydrogens is 829 g/mol. The Balaban J connectivity index is 1.41. The third-order valence-electron chi connectivity index (χ3n) is 14.1. The Bertz CT molecular complexity index is 2280. The second kappa shape index (κ2) is 14.8. The highest BCUT2D eigenvalue weighted by atomic mass is 28.4. The van der Waals surface area contributed by atoms with Gasteiger partial charge in [0.25, 0.3) is 5.79 Å². The van der Waals surface area contributed by atoms with Gasteiger partial charge >= 0.3 is 8.56 Å². The van der Waals surface area contributed by atoms with Crippen LogP contribution in [0.5, 0.6) is 23.0 Å². The second-order valence-corrected chi connectivity index (χ2v) is 30.4. The second-order valence-electron chi connectivity index (χ2n) is 21.0. The standard InChI is InChI=1S/C47H64O13Si2/c1-25-21-28-32-37(31(25)39-40-41(49)46(24-55-46)47(56-39,57-40)42(52-13)53-14)59-62(44(5,6)7,45(8,9)10)60-38(32)34-33(36(28)51-12)29(54-23-26-17-19-27(50-11)20-18-26)22-30(35(34)48)58-61(15,16)43(2,3)4/h17-21,29-30,39-40,42H,22-24H2,1-16H3/t29-,30?,39?,40?,46-,47?/m0/s1. The van der Waals surface area contributed by atoms with Crippen molar-refractivity contribution in [1.29, 1.82) is 0 Å². The Morgan fingerprint density at radius 2 is 1.42 bits per heavy atom. The summed E-state index contributed by atoms with van der Waals surface area (Å²) in [4.78, 5) is 30.0. The quantitative estimate of drug-likeness (QED) is 0.103. The summed E-state index contributed by atoms with van der Waals surface area (Å²) in [7, 11) is 0.101. The molecule has 2 bridgehead atoms. The molecule has 8 rings (SSSR count). The zero-order valence-electron chi connectivity index (χ0n) is 39.2. The lowest BCUT2D eigenvalue weighted by molar-refractivity contribution is -0.317. The van der Waals surface area contributed by atoms with Crippen molar-refractivity contribution in [2.45, 2.75) is 153 Å². The first-order valence-corrected chi connectivity index (χ1v) is 26.2. The number of hydrogen-bond donors (Lipinski definition) is 0. The van der Waals surface area contributed by atoms with Crippen LogP contribution in [0, 0.1) is 6.92 Å². The fourth-order valence-electron chi connectivity index (χ4n) is 10.0. The van der Waals surface area contributed by atoms with Gasteiger partial charge in [0.1, 0.15) is 35.2 Å². The van der Waals surface area contributed by atoms with Crippen LogP contribution in [-0.2, 0) is 44.2 Å².